The molecular weight excluding hydrogens is 260 g/mol. The van der Waals surface area contributed by atoms with Gasteiger partial charge in [-0.05, 0) is 18.0 Å². The van der Waals surface area contributed by atoms with Gasteiger partial charge in [0.2, 0.25) is 0 Å². The summed E-state index contributed by atoms with van der Waals surface area (Å²) in [5.74, 6) is 1.00. The van der Waals surface area contributed by atoms with E-state index in [4.69, 9.17) is 4.74 Å². The molecule has 0 radical (unpaired) electrons. The van der Waals surface area contributed by atoms with Gasteiger partial charge in [-0.25, -0.2) is 0 Å². The van der Waals surface area contributed by atoms with Crippen LogP contribution in [-0.4, -0.2) is 55.7 Å². The van der Waals surface area contributed by atoms with Crippen LogP contribution in [0.5, 0.6) is 5.75 Å². The van der Waals surface area contributed by atoms with Gasteiger partial charge in [-0.3, -0.25) is 4.90 Å². The van der Waals surface area contributed by atoms with E-state index in [1.807, 2.05) is 0 Å². The highest BCUT2D eigenvalue weighted by atomic mass is 16.5. The average molecular weight is 284 g/mol. The summed E-state index contributed by atoms with van der Waals surface area (Å²) in [7, 11) is 0. The maximum atomic E-state index is 6.02. The fourth-order valence-electron chi connectivity index (χ4n) is 2.94. The second-order valence-electron chi connectivity index (χ2n) is 5.60. The van der Waals surface area contributed by atoms with Crippen LogP contribution in [0.3, 0.4) is 0 Å². The van der Waals surface area contributed by atoms with Crippen molar-refractivity contribution >= 4 is 10.8 Å². The predicted molar refractivity (Wildman–Crippen MR) is 88.0 cm³/mol. The summed E-state index contributed by atoms with van der Waals surface area (Å²) in [6, 6.07) is 14.7. The Hall–Kier alpha value is -1.58. The van der Waals surface area contributed by atoms with Gasteiger partial charge in [-0.15, -0.1) is 0 Å². The molecule has 2 aromatic rings. The summed E-state index contributed by atoms with van der Waals surface area (Å²) in [5, 5.41) is 2.45. The molecule has 3 heteroatoms. The van der Waals surface area contributed by atoms with Crippen molar-refractivity contribution in [1.29, 1.82) is 0 Å². The van der Waals surface area contributed by atoms with Gasteiger partial charge in [0.1, 0.15) is 12.4 Å². The molecule has 0 saturated carbocycles. The zero-order valence-corrected chi connectivity index (χ0v) is 12.8. The summed E-state index contributed by atoms with van der Waals surface area (Å²) in [6.45, 7) is 9.87. The standard InChI is InChI=1S/C18H24N2O/c1-2-19-10-12-20(13-11-19)14-15-21-18-9-5-7-16-6-3-4-8-17(16)18/h3-9H,2,10-15H2,1H3. The van der Waals surface area contributed by atoms with E-state index in [2.05, 4.69) is 59.2 Å². The smallest absolute Gasteiger partial charge is 0.127 e. The third-order valence-electron chi connectivity index (χ3n) is 4.33. The second kappa shape index (κ2) is 6.92. The first-order valence-electron chi connectivity index (χ1n) is 7.92. The fraction of sp³-hybridized carbons (Fsp3) is 0.444. The van der Waals surface area contributed by atoms with Crippen LogP contribution in [0.1, 0.15) is 6.92 Å². The first-order valence-corrected chi connectivity index (χ1v) is 7.92. The zero-order chi connectivity index (χ0) is 14.5. The number of nitrogens with zero attached hydrogens (tertiary/aromatic N) is 2. The summed E-state index contributed by atoms with van der Waals surface area (Å²) < 4.78 is 6.02. The first kappa shape index (κ1) is 14.4. The lowest BCUT2D eigenvalue weighted by Crippen LogP contribution is -2.47. The number of likely N-dealkylation sites (N-methyl/N-ethyl adjacent to an activating group) is 1. The van der Waals surface area contributed by atoms with Crippen LogP contribution in [0.4, 0.5) is 0 Å². The summed E-state index contributed by atoms with van der Waals surface area (Å²) in [6.07, 6.45) is 0. The van der Waals surface area contributed by atoms with Gasteiger partial charge in [0.25, 0.3) is 0 Å². The number of hydrogen-bond acceptors (Lipinski definition) is 3. The molecule has 112 valence electrons. The number of rotatable bonds is 5. The minimum atomic E-state index is 0.764. The van der Waals surface area contributed by atoms with Crippen LogP contribution in [0.25, 0.3) is 10.8 Å². The van der Waals surface area contributed by atoms with Crippen molar-refractivity contribution in [1.82, 2.24) is 9.80 Å². The molecule has 0 amide bonds. The number of fused-ring (bicyclic) bond motifs is 1. The number of hydrogen-bond donors (Lipinski definition) is 0. The van der Waals surface area contributed by atoms with Gasteiger partial charge in [0.05, 0.1) is 0 Å². The summed E-state index contributed by atoms with van der Waals surface area (Å²) in [4.78, 5) is 5.00. The normalized spacial score (nSPS) is 17.2. The van der Waals surface area contributed by atoms with Crippen LogP contribution in [-0.2, 0) is 0 Å². The van der Waals surface area contributed by atoms with E-state index in [1.165, 1.54) is 30.4 Å². The molecule has 0 N–H and O–H groups in total. The highest BCUT2D eigenvalue weighted by Crippen LogP contribution is 2.24. The molecule has 0 atom stereocenters. The zero-order valence-electron chi connectivity index (χ0n) is 12.8. The quantitative estimate of drug-likeness (QED) is 0.839. The van der Waals surface area contributed by atoms with Crippen LogP contribution in [0.2, 0.25) is 0 Å². The van der Waals surface area contributed by atoms with Gasteiger partial charge < -0.3 is 9.64 Å². The lowest BCUT2D eigenvalue weighted by Gasteiger charge is -2.33. The molecule has 21 heavy (non-hydrogen) atoms. The van der Waals surface area contributed by atoms with E-state index in [9.17, 15) is 0 Å². The maximum Gasteiger partial charge on any atom is 0.127 e. The Morgan fingerprint density at radius 2 is 1.62 bits per heavy atom. The van der Waals surface area contributed by atoms with E-state index >= 15 is 0 Å². The summed E-state index contributed by atoms with van der Waals surface area (Å²) in [5.41, 5.74) is 0. The van der Waals surface area contributed by atoms with E-state index in [-0.39, 0.29) is 0 Å². The third kappa shape index (κ3) is 3.55. The Kier molecular flexibility index (Phi) is 4.73. The van der Waals surface area contributed by atoms with Gasteiger partial charge in [-0.2, -0.15) is 0 Å². The van der Waals surface area contributed by atoms with E-state index in [1.54, 1.807) is 0 Å². The molecule has 2 aromatic carbocycles. The largest absolute Gasteiger partial charge is 0.492 e. The fourth-order valence-corrected chi connectivity index (χ4v) is 2.94. The molecule has 0 bridgehead atoms. The van der Waals surface area contributed by atoms with Crippen LogP contribution in [0, 0.1) is 0 Å². The van der Waals surface area contributed by atoms with E-state index in [0.29, 0.717) is 0 Å². The molecular formula is C18H24N2O. The number of ether oxygens (including phenoxy) is 1. The Bertz CT molecular complexity index is 571. The van der Waals surface area contributed by atoms with Gasteiger partial charge in [-0.1, -0.05) is 43.3 Å². The molecule has 0 aromatic heterocycles. The number of benzene rings is 2. The van der Waals surface area contributed by atoms with Crippen LogP contribution in [0.15, 0.2) is 42.5 Å². The molecule has 3 rings (SSSR count). The third-order valence-corrected chi connectivity index (χ3v) is 4.33. The average Bonchev–Trinajstić information content (AvgIpc) is 2.56. The van der Waals surface area contributed by atoms with Crippen molar-refractivity contribution in [3.63, 3.8) is 0 Å². The van der Waals surface area contributed by atoms with Crippen molar-refractivity contribution in [3.05, 3.63) is 42.5 Å². The van der Waals surface area contributed by atoms with Crippen molar-refractivity contribution in [2.45, 2.75) is 6.92 Å². The van der Waals surface area contributed by atoms with Gasteiger partial charge in [0, 0.05) is 38.1 Å². The Labute approximate surface area is 127 Å². The monoisotopic (exact) mass is 284 g/mol. The molecule has 0 unspecified atom stereocenters. The van der Waals surface area contributed by atoms with Gasteiger partial charge in [0.15, 0.2) is 0 Å². The van der Waals surface area contributed by atoms with Crippen molar-refractivity contribution in [2.75, 3.05) is 45.9 Å². The topological polar surface area (TPSA) is 15.7 Å². The highest BCUT2D eigenvalue weighted by Gasteiger charge is 2.15. The van der Waals surface area contributed by atoms with Crippen molar-refractivity contribution in [3.8, 4) is 5.75 Å². The maximum absolute atomic E-state index is 6.02. The lowest BCUT2D eigenvalue weighted by molar-refractivity contribution is 0.121. The minimum Gasteiger partial charge on any atom is -0.492 e. The molecule has 1 aliphatic heterocycles. The highest BCUT2D eigenvalue weighted by molar-refractivity contribution is 5.88. The van der Waals surface area contributed by atoms with Crippen LogP contribution < -0.4 is 4.74 Å². The number of piperazine rings is 1. The Balaban J connectivity index is 1.53. The SMILES string of the molecule is CCN1CCN(CCOc2cccc3ccccc23)CC1. The molecule has 0 aliphatic carbocycles. The molecule has 1 aliphatic rings. The minimum absolute atomic E-state index is 0.764. The lowest BCUT2D eigenvalue weighted by atomic mass is 10.1. The first-order chi connectivity index (χ1) is 10.4. The molecule has 0 spiro atoms. The summed E-state index contributed by atoms with van der Waals surface area (Å²) >= 11 is 0. The van der Waals surface area contributed by atoms with Crippen molar-refractivity contribution < 1.29 is 4.74 Å². The predicted octanol–water partition coefficient (Wildman–Crippen LogP) is 2.86. The van der Waals surface area contributed by atoms with E-state index < -0.39 is 0 Å². The second-order valence-corrected chi connectivity index (χ2v) is 5.60. The van der Waals surface area contributed by atoms with E-state index in [0.717, 1.165) is 32.0 Å². The van der Waals surface area contributed by atoms with Gasteiger partial charge >= 0.3 is 0 Å². The Morgan fingerprint density at radius 1 is 0.905 bits per heavy atom. The van der Waals surface area contributed by atoms with Crippen LogP contribution >= 0.6 is 0 Å². The Morgan fingerprint density at radius 3 is 2.43 bits per heavy atom. The molecule has 1 saturated heterocycles. The van der Waals surface area contributed by atoms with Crippen molar-refractivity contribution in [2.24, 2.45) is 0 Å². The molecule has 1 heterocycles. The molecule has 1 fully saturated rings. The molecule has 3 nitrogen and oxygen atoms in total.